The number of rotatable bonds is 4. The van der Waals surface area contributed by atoms with Gasteiger partial charge >= 0.3 is 0 Å². The van der Waals surface area contributed by atoms with Crippen LogP contribution >= 0.6 is 0 Å². The fourth-order valence-corrected chi connectivity index (χ4v) is 1.91. The van der Waals surface area contributed by atoms with E-state index in [2.05, 4.69) is 15.3 Å². The van der Waals surface area contributed by atoms with E-state index >= 15 is 0 Å². The van der Waals surface area contributed by atoms with Crippen molar-refractivity contribution >= 4 is 11.7 Å². The third-order valence-electron chi connectivity index (χ3n) is 3.05. The van der Waals surface area contributed by atoms with Crippen molar-refractivity contribution in [2.45, 2.75) is 18.9 Å². The van der Waals surface area contributed by atoms with E-state index in [-0.39, 0.29) is 5.69 Å². The average Bonchev–Trinajstić information content (AvgIpc) is 3.23. The molecule has 19 heavy (non-hydrogen) atoms. The molecular formula is C14H14N4O. The van der Waals surface area contributed by atoms with Gasteiger partial charge in [-0.3, -0.25) is 9.78 Å². The molecular weight excluding hydrogens is 240 g/mol. The number of carbonyl (C=O) groups excluding carboxylic acids is 1. The van der Waals surface area contributed by atoms with Crippen LogP contribution in [0.15, 0.2) is 36.7 Å². The van der Waals surface area contributed by atoms with Crippen molar-refractivity contribution in [2.24, 2.45) is 5.73 Å². The highest BCUT2D eigenvalue weighted by Crippen LogP contribution is 2.30. The minimum Gasteiger partial charge on any atom is -0.367 e. The molecule has 96 valence electrons. The Morgan fingerprint density at radius 1 is 1.26 bits per heavy atom. The second-order valence-electron chi connectivity index (χ2n) is 4.61. The van der Waals surface area contributed by atoms with Crippen LogP contribution in [0.4, 0.5) is 5.82 Å². The Balaban J connectivity index is 2.00. The zero-order chi connectivity index (χ0) is 13.2. The number of anilines is 1. The van der Waals surface area contributed by atoms with Crippen molar-refractivity contribution in [1.82, 2.24) is 9.97 Å². The molecule has 0 aromatic carbocycles. The second-order valence-corrected chi connectivity index (χ2v) is 4.61. The molecule has 0 aliphatic heterocycles. The van der Waals surface area contributed by atoms with Crippen molar-refractivity contribution < 1.29 is 4.79 Å². The normalized spacial score (nSPS) is 14.1. The van der Waals surface area contributed by atoms with Gasteiger partial charge in [0.2, 0.25) is 0 Å². The Labute approximate surface area is 110 Å². The van der Waals surface area contributed by atoms with Crippen LogP contribution in [-0.2, 0) is 0 Å². The van der Waals surface area contributed by atoms with Crippen LogP contribution in [0.25, 0.3) is 11.1 Å². The molecule has 0 spiro atoms. The summed E-state index contributed by atoms with van der Waals surface area (Å²) in [6.07, 6.45) is 5.70. The summed E-state index contributed by atoms with van der Waals surface area (Å²) in [5.74, 6) is 0.314. The minimum atomic E-state index is -0.526. The maximum absolute atomic E-state index is 11.2. The van der Waals surface area contributed by atoms with Gasteiger partial charge in [-0.1, -0.05) is 0 Å². The highest BCUT2D eigenvalue weighted by molar-refractivity contribution is 5.92. The van der Waals surface area contributed by atoms with Crippen molar-refractivity contribution in [1.29, 1.82) is 0 Å². The fraction of sp³-hybridized carbons (Fsp3) is 0.214. The van der Waals surface area contributed by atoms with Crippen molar-refractivity contribution in [3.8, 4) is 11.1 Å². The highest BCUT2D eigenvalue weighted by atomic mass is 16.1. The first-order valence-corrected chi connectivity index (χ1v) is 6.22. The lowest BCUT2D eigenvalue weighted by molar-refractivity contribution is 0.0995. The summed E-state index contributed by atoms with van der Waals surface area (Å²) in [5.41, 5.74) is 7.37. The van der Waals surface area contributed by atoms with E-state index < -0.39 is 5.91 Å². The lowest BCUT2D eigenvalue weighted by Crippen LogP contribution is -2.13. The molecule has 0 unspecified atom stereocenters. The van der Waals surface area contributed by atoms with Crippen molar-refractivity contribution in [3.63, 3.8) is 0 Å². The monoisotopic (exact) mass is 254 g/mol. The van der Waals surface area contributed by atoms with Crippen LogP contribution in [-0.4, -0.2) is 21.9 Å². The van der Waals surface area contributed by atoms with Gasteiger partial charge in [0.25, 0.3) is 5.91 Å². The van der Waals surface area contributed by atoms with Crippen LogP contribution < -0.4 is 11.1 Å². The Hall–Kier alpha value is -2.43. The largest absolute Gasteiger partial charge is 0.367 e. The van der Waals surface area contributed by atoms with Gasteiger partial charge in [-0.15, -0.1) is 0 Å². The Kier molecular flexibility index (Phi) is 2.87. The summed E-state index contributed by atoms with van der Waals surface area (Å²) in [4.78, 5) is 19.5. The van der Waals surface area contributed by atoms with Crippen LogP contribution in [0.5, 0.6) is 0 Å². The number of carbonyl (C=O) groups is 1. The van der Waals surface area contributed by atoms with E-state index in [1.54, 1.807) is 18.5 Å². The number of primary amides is 1. The standard InChI is InChI=1S/C14H14N4O/c15-13(19)12-8-9(5-7-16-12)11-2-1-6-17-14(11)18-10-3-4-10/h1-2,5-8,10H,3-4H2,(H2,15,19)(H,17,18). The van der Waals surface area contributed by atoms with E-state index in [1.807, 2.05) is 18.2 Å². The van der Waals surface area contributed by atoms with Crippen molar-refractivity contribution in [3.05, 3.63) is 42.4 Å². The zero-order valence-electron chi connectivity index (χ0n) is 10.3. The summed E-state index contributed by atoms with van der Waals surface area (Å²) >= 11 is 0. The Morgan fingerprint density at radius 2 is 2.11 bits per heavy atom. The number of nitrogens with one attached hydrogen (secondary N) is 1. The van der Waals surface area contributed by atoms with E-state index in [0.29, 0.717) is 6.04 Å². The minimum absolute atomic E-state index is 0.263. The van der Waals surface area contributed by atoms with Crippen LogP contribution in [0.2, 0.25) is 0 Å². The number of nitrogens with zero attached hydrogens (tertiary/aromatic N) is 2. The molecule has 2 heterocycles. The number of hydrogen-bond acceptors (Lipinski definition) is 4. The molecule has 5 nitrogen and oxygen atoms in total. The number of pyridine rings is 2. The second kappa shape index (κ2) is 4.68. The SMILES string of the molecule is NC(=O)c1cc(-c2cccnc2NC2CC2)ccn1. The van der Waals surface area contributed by atoms with E-state index in [0.717, 1.165) is 16.9 Å². The third kappa shape index (κ3) is 2.54. The summed E-state index contributed by atoms with van der Waals surface area (Å²) in [6.45, 7) is 0. The number of nitrogens with two attached hydrogens (primary N) is 1. The van der Waals surface area contributed by atoms with Gasteiger partial charge in [0, 0.05) is 24.0 Å². The number of hydrogen-bond donors (Lipinski definition) is 2. The summed E-state index contributed by atoms with van der Waals surface area (Å²) < 4.78 is 0. The maximum atomic E-state index is 11.2. The quantitative estimate of drug-likeness (QED) is 0.872. The van der Waals surface area contributed by atoms with Gasteiger partial charge in [0.1, 0.15) is 11.5 Å². The summed E-state index contributed by atoms with van der Waals surface area (Å²) in [5, 5.41) is 3.38. The van der Waals surface area contributed by atoms with Gasteiger partial charge in [-0.05, 0) is 42.7 Å². The molecule has 1 fully saturated rings. The van der Waals surface area contributed by atoms with E-state index in [1.165, 1.54) is 12.8 Å². The molecule has 0 atom stereocenters. The summed E-state index contributed by atoms with van der Waals surface area (Å²) in [7, 11) is 0. The third-order valence-corrected chi connectivity index (χ3v) is 3.05. The predicted octanol–water partition coefficient (Wildman–Crippen LogP) is 1.82. The molecule has 3 rings (SSSR count). The lowest BCUT2D eigenvalue weighted by atomic mass is 10.1. The molecule has 5 heteroatoms. The molecule has 2 aromatic rings. The molecule has 1 aliphatic carbocycles. The highest BCUT2D eigenvalue weighted by Gasteiger charge is 2.22. The van der Waals surface area contributed by atoms with Crippen LogP contribution in [0.1, 0.15) is 23.3 Å². The Morgan fingerprint density at radius 3 is 2.84 bits per heavy atom. The molecule has 1 aliphatic rings. The van der Waals surface area contributed by atoms with Gasteiger partial charge in [-0.2, -0.15) is 0 Å². The van der Waals surface area contributed by atoms with E-state index in [4.69, 9.17) is 5.73 Å². The fourth-order valence-electron chi connectivity index (χ4n) is 1.91. The Bertz CT molecular complexity index is 622. The van der Waals surface area contributed by atoms with Gasteiger partial charge in [0.05, 0.1) is 0 Å². The summed E-state index contributed by atoms with van der Waals surface area (Å²) in [6, 6.07) is 7.90. The van der Waals surface area contributed by atoms with Crippen molar-refractivity contribution in [2.75, 3.05) is 5.32 Å². The molecule has 3 N–H and O–H groups in total. The lowest BCUT2D eigenvalue weighted by Gasteiger charge is -2.10. The predicted molar refractivity (Wildman–Crippen MR) is 72.6 cm³/mol. The van der Waals surface area contributed by atoms with Gasteiger partial charge in [0.15, 0.2) is 0 Å². The molecule has 1 amide bonds. The first kappa shape index (κ1) is 11.6. The molecule has 0 radical (unpaired) electrons. The average molecular weight is 254 g/mol. The molecule has 0 saturated heterocycles. The molecule has 2 aromatic heterocycles. The first-order chi connectivity index (χ1) is 9.24. The molecule has 0 bridgehead atoms. The van der Waals surface area contributed by atoms with Gasteiger partial charge in [-0.25, -0.2) is 4.98 Å². The smallest absolute Gasteiger partial charge is 0.267 e. The van der Waals surface area contributed by atoms with Gasteiger partial charge < -0.3 is 11.1 Å². The molecule has 1 saturated carbocycles. The zero-order valence-corrected chi connectivity index (χ0v) is 10.3. The first-order valence-electron chi connectivity index (χ1n) is 6.22. The van der Waals surface area contributed by atoms with E-state index in [9.17, 15) is 4.79 Å². The topological polar surface area (TPSA) is 80.9 Å². The van der Waals surface area contributed by atoms with Crippen LogP contribution in [0.3, 0.4) is 0 Å². The van der Waals surface area contributed by atoms with Crippen LogP contribution in [0, 0.1) is 0 Å². The number of amides is 1. The maximum Gasteiger partial charge on any atom is 0.267 e. The number of aromatic nitrogens is 2.